The molecule has 124 valence electrons. The number of carbonyl (C=O) groups excluding carboxylic acids is 1. The molecule has 0 unspecified atom stereocenters. The number of nitrogens with zero attached hydrogens (tertiary/aromatic N) is 1. The van der Waals surface area contributed by atoms with Gasteiger partial charge in [0.25, 0.3) is 5.91 Å². The van der Waals surface area contributed by atoms with Crippen LogP contribution in [0.2, 0.25) is 5.02 Å². The molecule has 0 radical (unpaired) electrons. The average Bonchev–Trinajstić information content (AvgIpc) is 2.85. The molecule has 0 saturated heterocycles. The summed E-state index contributed by atoms with van der Waals surface area (Å²) in [5, 5.41) is 1.68. The van der Waals surface area contributed by atoms with Crippen LogP contribution in [-0.4, -0.2) is 17.6 Å². The van der Waals surface area contributed by atoms with Gasteiger partial charge in [-0.1, -0.05) is 25.4 Å². The summed E-state index contributed by atoms with van der Waals surface area (Å²) >= 11 is 5.94. The minimum atomic E-state index is -0.0498. The Labute approximate surface area is 146 Å². The van der Waals surface area contributed by atoms with E-state index in [0.717, 1.165) is 22.3 Å². The molecule has 0 N–H and O–H groups in total. The summed E-state index contributed by atoms with van der Waals surface area (Å²) in [6.45, 7) is 6.27. The number of hydrogen-bond donors (Lipinski definition) is 0. The number of ether oxygens (including phenoxy) is 1. The Kier molecular flexibility index (Phi) is 4.37. The maximum atomic E-state index is 13.1. The number of methoxy groups -OCH3 is 1. The molecule has 0 amide bonds. The first-order valence-corrected chi connectivity index (χ1v) is 8.31. The van der Waals surface area contributed by atoms with Crippen LogP contribution < -0.4 is 4.74 Å². The predicted molar refractivity (Wildman–Crippen MR) is 98.5 cm³/mol. The van der Waals surface area contributed by atoms with Gasteiger partial charge in [-0.2, -0.15) is 0 Å². The van der Waals surface area contributed by atoms with Gasteiger partial charge in [0.15, 0.2) is 0 Å². The largest absolute Gasteiger partial charge is 0.497 e. The Bertz CT molecular complexity index is 908. The molecule has 1 heterocycles. The molecule has 24 heavy (non-hydrogen) atoms. The van der Waals surface area contributed by atoms with E-state index in [4.69, 9.17) is 16.3 Å². The van der Waals surface area contributed by atoms with Gasteiger partial charge in [-0.05, 0) is 60.9 Å². The smallest absolute Gasteiger partial charge is 0.262 e. The summed E-state index contributed by atoms with van der Waals surface area (Å²) in [4.78, 5) is 13.1. The predicted octanol–water partition coefficient (Wildman–Crippen LogP) is 5.42. The van der Waals surface area contributed by atoms with E-state index >= 15 is 0 Å². The monoisotopic (exact) mass is 341 g/mol. The molecule has 0 fully saturated rings. The van der Waals surface area contributed by atoms with Gasteiger partial charge in [-0.15, -0.1) is 0 Å². The van der Waals surface area contributed by atoms with Crippen molar-refractivity contribution >= 4 is 28.4 Å². The van der Waals surface area contributed by atoms with Crippen molar-refractivity contribution in [2.45, 2.75) is 26.7 Å². The van der Waals surface area contributed by atoms with Gasteiger partial charge in [0, 0.05) is 21.7 Å². The molecular weight excluding hydrogens is 322 g/mol. The zero-order valence-electron chi connectivity index (χ0n) is 14.3. The lowest BCUT2D eigenvalue weighted by atomic mass is 10.00. The first-order valence-electron chi connectivity index (χ1n) is 7.93. The number of carbonyl (C=O) groups is 1. The number of halogens is 1. The van der Waals surface area contributed by atoms with Crippen molar-refractivity contribution in [1.29, 1.82) is 0 Å². The van der Waals surface area contributed by atoms with Gasteiger partial charge >= 0.3 is 0 Å². The number of hydrogen-bond acceptors (Lipinski definition) is 2. The van der Waals surface area contributed by atoms with Crippen LogP contribution in [0.15, 0.2) is 42.5 Å². The van der Waals surface area contributed by atoms with Gasteiger partial charge in [-0.3, -0.25) is 9.36 Å². The Morgan fingerprint density at radius 1 is 1.12 bits per heavy atom. The quantitative estimate of drug-likeness (QED) is 0.636. The number of benzene rings is 2. The van der Waals surface area contributed by atoms with E-state index in [1.54, 1.807) is 35.9 Å². The van der Waals surface area contributed by atoms with Crippen LogP contribution in [0.5, 0.6) is 5.75 Å². The molecule has 0 saturated carbocycles. The fourth-order valence-electron chi connectivity index (χ4n) is 3.26. The summed E-state index contributed by atoms with van der Waals surface area (Å²) in [7, 11) is 1.65. The normalized spacial score (nSPS) is 11.2. The van der Waals surface area contributed by atoms with Crippen molar-refractivity contribution in [3.8, 4) is 5.75 Å². The standard InChI is InChI=1S/C20H20ClNO2/c1-12(2)19-13(3)22(18-10-9-16(24-4)11-17(18)19)20(23)14-5-7-15(21)8-6-14/h5-12H,1-4H3. The lowest BCUT2D eigenvalue weighted by Crippen LogP contribution is -2.13. The molecule has 0 bridgehead atoms. The zero-order valence-corrected chi connectivity index (χ0v) is 15.0. The highest BCUT2D eigenvalue weighted by atomic mass is 35.5. The molecule has 4 heteroatoms. The summed E-state index contributed by atoms with van der Waals surface area (Å²) in [6.07, 6.45) is 0. The van der Waals surface area contributed by atoms with Gasteiger partial charge in [0.1, 0.15) is 5.75 Å². The van der Waals surface area contributed by atoms with Crippen molar-refractivity contribution in [3.63, 3.8) is 0 Å². The molecule has 0 atom stereocenters. The van der Waals surface area contributed by atoms with Crippen LogP contribution in [0, 0.1) is 6.92 Å². The minimum Gasteiger partial charge on any atom is -0.497 e. The Morgan fingerprint density at radius 3 is 2.38 bits per heavy atom. The van der Waals surface area contributed by atoms with Crippen molar-refractivity contribution in [2.75, 3.05) is 7.11 Å². The molecule has 0 aliphatic rings. The number of fused-ring (bicyclic) bond motifs is 1. The van der Waals surface area contributed by atoms with E-state index in [-0.39, 0.29) is 5.91 Å². The third-order valence-electron chi connectivity index (χ3n) is 4.33. The first-order chi connectivity index (χ1) is 11.4. The second-order valence-electron chi connectivity index (χ2n) is 6.18. The first kappa shape index (κ1) is 16.6. The molecule has 2 aromatic carbocycles. The van der Waals surface area contributed by atoms with E-state index in [9.17, 15) is 4.79 Å². The third-order valence-corrected chi connectivity index (χ3v) is 4.58. The Hall–Kier alpha value is -2.26. The Morgan fingerprint density at radius 2 is 1.79 bits per heavy atom. The van der Waals surface area contributed by atoms with Crippen LogP contribution >= 0.6 is 11.6 Å². The highest BCUT2D eigenvalue weighted by Crippen LogP contribution is 2.34. The van der Waals surface area contributed by atoms with E-state index in [1.165, 1.54) is 5.56 Å². The van der Waals surface area contributed by atoms with Gasteiger partial charge in [-0.25, -0.2) is 0 Å². The SMILES string of the molecule is COc1ccc2c(c1)c(C(C)C)c(C)n2C(=O)c1ccc(Cl)cc1. The zero-order chi connectivity index (χ0) is 17.4. The Balaban J connectivity index is 2.26. The summed E-state index contributed by atoms with van der Waals surface area (Å²) in [6, 6.07) is 12.8. The molecule has 3 rings (SSSR count). The van der Waals surface area contributed by atoms with E-state index in [0.29, 0.717) is 16.5 Å². The highest BCUT2D eigenvalue weighted by molar-refractivity contribution is 6.30. The minimum absolute atomic E-state index is 0.0498. The van der Waals surface area contributed by atoms with Crippen molar-refractivity contribution in [3.05, 3.63) is 64.3 Å². The van der Waals surface area contributed by atoms with Gasteiger partial charge in [0.05, 0.1) is 12.6 Å². The van der Waals surface area contributed by atoms with E-state index in [1.807, 2.05) is 25.1 Å². The van der Waals surface area contributed by atoms with Crippen molar-refractivity contribution < 1.29 is 9.53 Å². The van der Waals surface area contributed by atoms with Crippen LogP contribution in [0.3, 0.4) is 0 Å². The lowest BCUT2D eigenvalue weighted by Gasteiger charge is -2.09. The van der Waals surface area contributed by atoms with Crippen molar-refractivity contribution in [1.82, 2.24) is 4.57 Å². The topological polar surface area (TPSA) is 31.2 Å². The summed E-state index contributed by atoms with van der Waals surface area (Å²) in [5.41, 5.74) is 3.65. The van der Waals surface area contributed by atoms with Crippen LogP contribution in [0.1, 0.15) is 41.4 Å². The third kappa shape index (κ3) is 2.69. The average molecular weight is 342 g/mol. The van der Waals surface area contributed by atoms with Crippen LogP contribution in [-0.2, 0) is 0 Å². The van der Waals surface area contributed by atoms with Gasteiger partial charge < -0.3 is 4.74 Å². The molecule has 0 aliphatic carbocycles. The maximum Gasteiger partial charge on any atom is 0.262 e. The maximum absolute atomic E-state index is 13.1. The lowest BCUT2D eigenvalue weighted by molar-refractivity contribution is 0.0963. The molecule has 0 aliphatic heterocycles. The molecule has 3 nitrogen and oxygen atoms in total. The molecule has 3 aromatic rings. The fourth-order valence-corrected chi connectivity index (χ4v) is 3.39. The molecule has 1 aromatic heterocycles. The van der Waals surface area contributed by atoms with Crippen LogP contribution in [0.25, 0.3) is 10.9 Å². The summed E-state index contributed by atoms with van der Waals surface area (Å²) < 4.78 is 7.14. The van der Waals surface area contributed by atoms with E-state index in [2.05, 4.69) is 13.8 Å². The van der Waals surface area contributed by atoms with Crippen LogP contribution in [0.4, 0.5) is 0 Å². The summed E-state index contributed by atoms with van der Waals surface area (Å²) in [5.74, 6) is 1.05. The number of aromatic nitrogens is 1. The van der Waals surface area contributed by atoms with E-state index < -0.39 is 0 Å². The molecule has 0 spiro atoms. The van der Waals surface area contributed by atoms with Crippen molar-refractivity contribution in [2.24, 2.45) is 0 Å². The second kappa shape index (κ2) is 6.33. The molecular formula is C20H20ClNO2. The second-order valence-corrected chi connectivity index (χ2v) is 6.62. The highest BCUT2D eigenvalue weighted by Gasteiger charge is 2.21. The fraction of sp³-hybridized carbons (Fsp3) is 0.250. The number of rotatable bonds is 3. The van der Waals surface area contributed by atoms with Gasteiger partial charge in [0.2, 0.25) is 0 Å².